The minimum absolute atomic E-state index is 0.0768. The molecule has 0 unspecified atom stereocenters. The minimum Gasteiger partial charge on any atom is -0.497 e. The van der Waals surface area contributed by atoms with E-state index in [0.29, 0.717) is 18.0 Å². The van der Waals surface area contributed by atoms with Crippen molar-refractivity contribution in [2.24, 2.45) is 0 Å². The number of methoxy groups -OCH3 is 2. The van der Waals surface area contributed by atoms with E-state index in [9.17, 15) is 8.42 Å². The van der Waals surface area contributed by atoms with Crippen LogP contribution in [0.15, 0.2) is 18.2 Å². The lowest BCUT2D eigenvalue weighted by Crippen LogP contribution is -2.14. The smallest absolute Gasteiger partial charge is 0.149 e. The van der Waals surface area contributed by atoms with Gasteiger partial charge in [0.1, 0.15) is 21.3 Å². The van der Waals surface area contributed by atoms with Gasteiger partial charge in [-0.15, -0.1) is 0 Å². The lowest BCUT2D eigenvalue weighted by molar-refractivity contribution is 0.404. The molecule has 1 N–H and O–H groups in total. The van der Waals surface area contributed by atoms with E-state index in [1.54, 1.807) is 32.4 Å². The van der Waals surface area contributed by atoms with Crippen LogP contribution in [-0.4, -0.2) is 41.2 Å². The van der Waals surface area contributed by atoms with Crippen molar-refractivity contribution in [1.82, 2.24) is 0 Å². The van der Waals surface area contributed by atoms with Crippen LogP contribution >= 0.6 is 0 Å². The average Bonchev–Trinajstić information content (AvgIpc) is 2.27. The van der Waals surface area contributed by atoms with E-state index in [-0.39, 0.29) is 5.75 Å². The monoisotopic (exact) mass is 259 g/mol. The van der Waals surface area contributed by atoms with E-state index >= 15 is 0 Å². The van der Waals surface area contributed by atoms with Crippen LogP contribution in [0.5, 0.6) is 11.5 Å². The van der Waals surface area contributed by atoms with Gasteiger partial charge in [0.15, 0.2) is 0 Å². The van der Waals surface area contributed by atoms with Gasteiger partial charge in [-0.3, -0.25) is 0 Å². The number of anilines is 1. The maximum absolute atomic E-state index is 11.0. The predicted octanol–water partition coefficient (Wildman–Crippen LogP) is 1.16. The molecule has 1 rings (SSSR count). The number of rotatable bonds is 6. The summed E-state index contributed by atoms with van der Waals surface area (Å²) in [6.45, 7) is 0.336. The van der Waals surface area contributed by atoms with Gasteiger partial charge in [0, 0.05) is 18.9 Å². The molecule has 0 heterocycles. The molecule has 0 aliphatic carbocycles. The SMILES string of the molecule is COc1ccc(OC)c(NCCS(C)(=O)=O)c1. The summed E-state index contributed by atoms with van der Waals surface area (Å²) in [4.78, 5) is 0. The van der Waals surface area contributed by atoms with Crippen molar-refractivity contribution in [2.75, 3.05) is 38.1 Å². The second-order valence-electron chi connectivity index (χ2n) is 3.62. The Morgan fingerprint density at radius 2 is 1.94 bits per heavy atom. The Hall–Kier alpha value is -1.43. The maximum atomic E-state index is 11.0. The molecule has 6 heteroatoms. The van der Waals surface area contributed by atoms with Crippen LogP contribution in [0.4, 0.5) is 5.69 Å². The van der Waals surface area contributed by atoms with Gasteiger partial charge in [-0.2, -0.15) is 0 Å². The molecule has 1 aromatic rings. The highest BCUT2D eigenvalue weighted by molar-refractivity contribution is 7.90. The molecule has 1 aromatic carbocycles. The molecule has 0 bridgehead atoms. The first-order valence-electron chi connectivity index (χ1n) is 5.10. The van der Waals surface area contributed by atoms with Crippen molar-refractivity contribution >= 4 is 15.5 Å². The van der Waals surface area contributed by atoms with Crippen molar-refractivity contribution < 1.29 is 17.9 Å². The Balaban J connectivity index is 2.74. The zero-order chi connectivity index (χ0) is 12.9. The lowest BCUT2D eigenvalue weighted by Gasteiger charge is -2.12. The van der Waals surface area contributed by atoms with E-state index < -0.39 is 9.84 Å². The molecule has 0 aromatic heterocycles. The number of sulfone groups is 1. The second-order valence-corrected chi connectivity index (χ2v) is 5.88. The predicted molar refractivity (Wildman–Crippen MR) is 67.7 cm³/mol. The van der Waals surface area contributed by atoms with Crippen LogP contribution < -0.4 is 14.8 Å². The standard InChI is InChI=1S/C11H17NO4S/c1-15-9-4-5-11(16-2)10(8-9)12-6-7-17(3,13)14/h4-5,8,12H,6-7H2,1-3H3. The van der Waals surface area contributed by atoms with Crippen molar-refractivity contribution in [3.05, 3.63) is 18.2 Å². The quantitative estimate of drug-likeness (QED) is 0.830. The van der Waals surface area contributed by atoms with Gasteiger partial charge in [0.25, 0.3) is 0 Å². The number of hydrogen-bond donors (Lipinski definition) is 1. The Kier molecular flexibility index (Phi) is 4.62. The number of ether oxygens (including phenoxy) is 2. The molecular formula is C11H17NO4S. The molecule has 17 heavy (non-hydrogen) atoms. The van der Waals surface area contributed by atoms with Gasteiger partial charge in [-0.05, 0) is 12.1 Å². The van der Waals surface area contributed by atoms with Crippen LogP contribution in [0.2, 0.25) is 0 Å². The summed E-state index contributed by atoms with van der Waals surface area (Å²) in [5, 5.41) is 3.01. The van der Waals surface area contributed by atoms with E-state index in [1.165, 1.54) is 6.26 Å². The zero-order valence-electron chi connectivity index (χ0n) is 10.2. The summed E-state index contributed by atoms with van der Waals surface area (Å²) >= 11 is 0. The van der Waals surface area contributed by atoms with Gasteiger partial charge in [-0.1, -0.05) is 0 Å². The average molecular weight is 259 g/mol. The van der Waals surface area contributed by atoms with E-state index in [1.807, 2.05) is 0 Å². The second kappa shape index (κ2) is 5.77. The fourth-order valence-electron chi connectivity index (χ4n) is 1.32. The van der Waals surface area contributed by atoms with E-state index in [0.717, 1.165) is 5.69 Å². The van der Waals surface area contributed by atoms with E-state index in [4.69, 9.17) is 9.47 Å². The molecule has 0 aliphatic heterocycles. The highest BCUT2D eigenvalue weighted by Crippen LogP contribution is 2.28. The molecule has 96 valence electrons. The number of hydrogen-bond acceptors (Lipinski definition) is 5. The fraction of sp³-hybridized carbons (Fsp3) is 0.455. The third-order valence-corrected chi connectivity index (χ3v) is 3.14. The Labute approximate surface area is 102 Å². The molecule has 0 saturated carbocycles. The van der Waals surface area contributed by atoms with Crippen LogP contribution in [0.3, 0.4) is 0 Å². The normalized spacial score (nSPS) is 11.0. The Bertz CT molecular complexity index is 470. The highest BCUT2D eigenvalue weighted by Gasteiger charge is 2.06. The first-order valence-corrected chi connectivity index (χ1v) is 7.16. The van der Waals surface area contributed by atoms with Gasteiger partial charge in [0.05, 0.1) is 25.7 Å². The van der Waals surface area contributed by atoms with Crippen LogP contribution in [0.1, 0.15) is 0 Å². The van der Waals surface area contributed by atoms with E-state index in [2.05, 4.69) is 5.32 Å². The zero-order valence-corrected chi connectivity index (χ0v) is 11.0. The Morgan fingerprint density at radius 1 is 1.24 bits per heavy atom. The largest absolute Gasteiger partial charge is 0.497 e. The summed E-state index contributed by atoms with van der Waals surface area (Å²) in [7, 11) is 0.167. The molecule has 0 amide bonds. The van der Waals surface area contributed by atoms with Gasteiger partial charge in [0.2, 0.25) is 0 Å². The molecular weight excluding hydrogens is 242 g/mol. The molecule has 0 fully saturated rings. The van der Waals surface area contributed by atoms with Gasteiger partial charge < -0.3 is 14.8 Å². The van der Waals surface area contributed by atoms with Crippen LogP contribution in [0.25, 0.3) is 0 Å². The van der Waals surface area contributed by atoms with Gasteiger partial charge >= 0.3 is 0 Å². The summed E-state index contributed by atoms with van der Waals surface area (Å²) < 4.78 is 32.3. The maximum Gasteiger partial charge on any atom is 0.149 e. The molecule has 0 saturated heterocycles. The lowest BCUT2D eigenvalue weighted by atomic mass is 10.2. The summed E-state index contributed by atoms with van der Waals surface area (Å²) in [6.07, 6.45) is 1.21. The van der Waals surface area contributed by atoms with Crippen molar-refractivity contribution in [2.45, 2.75) is 0 Å². The summed E-state index contributed by atoms with van der Waals surface area (Å²) in [5.41, 5.74) is 0.718. The summed E-state index contributed by atoms with van der Waals surface area (Å²) in [5.74, 6) is 1.42. The molecule has 0 spiro atoms. The first-order chi connectivity index (χ1) is 7.96. The van der Waals surface area contributed by atoms with Crippen molar-refractivity contribution in [3.8, 4) is 11.5 Å². The van der Waals surface area contributed by atoms with Crippen molar-refractivity contribution in [3.63, 3.8) is 0 Å². The topological polar surface area (TPSA) is 64.6 Å². The highest BCUT2D eigenvalue weighted by atomic mass is 32.2. The van der Waals surface area contributed by atoms with Gasteiger partial charge in [-0.25, -0.2) is 8.42 Å². The molecule has 0 aliphatic rings. The first kappa shape index (κ1) is 13.6. The Morgan fingerprint density at radius 3 is 2.47 bits per heavy atom. The molecule has 0 atom stereocenters. The minimum atomic E-state index is -2.96. The van der Waals surface area contributed by atoms with Crippen LogP contribution in [0, 0.1) is 0 Å². The summed E-state index contributed by atoms with van der Waals surface area (Å²) in [6, 6.07) is 5.31. The van der Waals surface area contributed by atoms with Crippen LogP contribution in [-0.2, 0) is 9.84 Å². The third kappa shape index (κ3) is 4.52. The molecule has 5 nitrogen and oxygen atoms in total. The van der Waals surface area contributed by atoms with Crippen molar-refractivity contribution in [1.29, 1.82) is 0 Å². The number of nitrogens with one attached hydrogen (secondary N) is 1. The fourth-order valence-corrected chi connectivity index (χ4v) is 1.80. The third-order valence-electron chi connectivity index (χ3n) is 2.19. The number of benzene rings is 1. The molecule has 0 radical (unpaired) electrons.